The van der Waals surface area contributed by atoms with E-state index in [0.29, 0.717) is 6.42 Å². The number of hydrogen-bond acceptors (Lipinski definition) is 2. The van der Waals surface area contributed by atoms with Gasteiger partial charge in [-0.2, -0.15) is 0 Å². The van der Waals surface area contributed by atoms with Crippen LogP contribution >= 0.6 is 15.9 Å². The van der Waals surface area contributed by atoms with Crippen LogP contribution in [0.2, 0.25) is 0 Å². The molecule has 2 nitrogen and oxygen atoms in total. The zero-order valence-electron chi connectivity index (χ0n) is 8.53. The van der Waals surface area contributed by atoms with Crippen molar-refractivity contribution >= 4 is 15.9 Å². The largest absolute Gasteiger partial charge is 0.388 e. The Balaban J connectivity index is 1.94. The molecule has 1 N–H and O–H groups in total. The average Bonchev–Trinajstić information content (AvgIpc) is 2.71. The highest BCUT2D eigenvalue weighted by Gasteiger charge is 2.20. The Morgan fingerprint density at radius 3 is 2.73 bits per heavy atom. The number of aliphatic hydroxyl groups is 1. The van der Waals surface area contributed by atoms with Crippen LogP contribution in [-0.2, 0) is 4.74 Å². The van der Waals surface area contributed by atoms with Gasteiger partial charge in [0.15, 0.2) is 0 Å². The first-order valence-corrected chi connectivity index (χ1v) is 6.10. The van der Waals surface area contributed by atoms with E-state index in [9.17, 15) is 5.11 Å². The van der Waals surface area contributed by atoms with Crippen molar-refractivity contribution in [3.8, 4) is 0 Å². The summed E-state index contributed by atoms with van der Waals surface area (Å²) in [6.07, 6.45) is 2.75. The SMILES string of the molecule is OC(CC1CCCO1)c1ccc(Br)cc1. The van der Waals surface area contributed by atoms with Crippen LogP contribution in [0.5, 0.6) is 0 Å². The predicted molar refractivity (Wildman–Crippen MR) is 62.7 cm³/mol. The van der Waals surface area contributed by atoms with E-state index in [4.69, 9.17) is 4.74 Å². The van der Waals surface area contributed by atoms with Crippen molar-refractivity contribution in [3.63, 3.8) is 0 Å². The third-order valence-electron chi connectivity index (χ3n) is 2.76. The van der Waals surface area contributed by atoms with Crippen LogP contribution in [0.25, 0.3) is 0 Å². The predicted octanol–water partition coefficient (Wildman–Crippen LogP) is 3.05. The van der Waals surface area contributed by atoms with Crippen molar-refractivity contribution in [2.24, 2.45) is 0 Å². The molecular formula is C12H15BrO2. The number of halogens is 1. The Bertz CT molecular complexity index is 304. The van der Waals surface area contributed by atoms with Gasteiger partial charge in [-0.1, -0.05) is 28.1 Å². The first kappa shape index (κ1) is 11.1. The Morgan fingerprint density at radius 2 is 2.13 bits per heavy atom. The van der Waals surface area contributed by atoms with Crippen LogP contribution in [0, 0.1) is 0 Å². The van der Waals surface area contributed by atoms with Crippen LogP contribution < -0.4 is 0 Å². The van der Waals surface area contributed by atoms with Crippen LogP contribution in [0.4, 0.5) is 0 Å². The first-order valence-electron chi connectivity index (χ1n) is 5.31. The van der Waals surface area contributed by atoms with Crippen molar-refractivity contribution in [1.29, 1.82) is 0 Å². The summed E-state index contributed by atoms with van der Waals surface area (Å²) in [5.74, 6) is 0. The fourth-order valence-electron chi connectivity index (χ4n) is 1.90. The quantitative estimate of drug-likeness (QED) is 0.915. The molecule has 1 fully saturated rings. The summed E-state index contributed by atoms with van der Waals surface area (Å²) in [5.41, 5.74) is 0.966. The third kappa shape index (κ3) is 3.03. The molecule has 0 aliphatic carbocycles. The summed E-state index contributed by atoms with van der Waals surface area (Å²) < 4.78 is 6.54. The van der Waals surface area contributed by atoms with Gasteiger partial charge in [0.2, 0.25) is 0 Å². The Morgan fingerprint density at radius 1 is 1.40 bits per heavy atom. The number of benzene rings is 1. The molecule has 1 heterocycles. The molecule has 15 heavy (non-hydrogen) atoms. The van der Waals surface area contributed by atoms with Crippen molar-refractivity contribution in [3.05, 3.63) is 34.3 Å². The summed E-state index contributed by atoms with van der Waals surface area (Å²) in [7, 11) is 0. The number of hydrogen-bond donors (Lipinski definition) is 1. The number of aliphatic hydroxyl groups excluding tert-OH is 1. The van der Waals surface area contributed by atoms with Gasteiger partial charge in [-0.05, 0) is 30.5 Å². The molecule has 3 heteroatoms. The molecule has 2 rings (SSSR count). The molecule has 0 bridgehead atoms. The van der Waals surface area contributed by atoms with Crippen LogP contribution in [0.1, 0.15) is 30.9 Å². The van der Waals surface area contributed by atoms with Gasteiger partial charge in [0.25, 0.3) is 0 Å². The van der Waals surface area contributed by atoms with Crippen LogP contribution in [0.3, 0.4) is 0 Å². The van der Waals surface area contributed by atoms with Gasteiger partial charge in [-0.25, -0.2) is 0 Å². The molecule has 1 aromatic rings. The Hall–Kier alpha value is -0.380. The van der Waals surface area contributed by atoms with E-state index < -0.39 is 6.10 Å². The van der Waals surface area contributed by atoms with E-state index >= 15 is 0 Å². The lowest BCUT2D eigenvalue weighted by molar-refractivity contribution is 0.0535. The molecule has 0 radical (unpaired) electrons. The van der Waals surface area contributed by atoms with E-state index in [0.717, 1.165) is 29.5 Å². The lowest BCUT2D eigenvalue weighted by atomic mass is 10.0. The minimum absolute atomic E-state index is 0.239. The average molecular weight is 271 g/mol. The third-order valence-corrected chi connectivity index (χ3v) is 3.29. The van der Waals surface area contributed by atoms with E-state index in [-0.39, 0.29) is 6.10 Å². The number of ether oxygens (including phenoxy) is 1. The van der Waals surface area contributed by atoms with Crippen molar-refractivity contribution in [2.45, 2.75) is 31.5 Å². The van der Waals surface area contributed by atoms with E-state index in [1.165, 1.54) is 0 Å². The zero-order valence-corrected chi connectivity index (χ0v) is 10.1. The molecule has 0 aromatic heterocycles. The maximum absolute atomic E-state index is 9.98. The maximum atomic E-state index is 9.98. The summed E-state index contributed by atoms with van der Waals surface area (Å²) in [5, 5.41) is 9.98. The molecule has 0 spiro atoms. The van der Waals surface area contributed by atoms with Gasteiger partial charge >= 0.3 is 0 Å². The molecule has 0 saturated carbocycles. The second-order valence-corrected chi connectivity index (χ2v) is 4.85. The molecule has 1 saturated heterocycles. The smallest absolute Gasteiger partial charge is 0.0814 e. The highest BCUT2D eigenvalue weighted by Crippen LogP contribution is 2.25. The van der Waals surface area contributed by atoms with Gasteiger partial charge in [-0.3, -0.25) is 0 Å². The summed E-state index contributed by atoms with van der Waals surface area (Å²) in [6, 6.07) is 7.80. The van der Waals surface area contributed by atoms with Crippen LogP contribution in [0.15, 0.2) is 28.7 Å². The summed E-state index contributed by atoms with van der Waals surface area (Å²) in [6.45, 7) is 0.845. The van der Waals surface area contributed by atoms with Gasteiger partial charge in [0.05, 0.1) is 12.2 Å². The normalized spacial score (nSPS) is 22.9. The fraction of sp³-hybridized carbons (Fsp3) is 0.500. The lowest BCUT2D eigenvalue weighted by Crippen LogP contribution is -2.11. The standard InChI is InChI=1S/C12H15BrO2/c13-10-5-3-9(4-6-10)12(14)8-11-2-1-7-15-11/h3-6,11-12,14H,1-2,7-8H2. The highest BCUT2D eigenvalue weighted by atomic mass is 79.9. The molecule has 2 unspecified atom stereocenters. The second kappa shape index (κ2) is 5.10. The van der Waals surface area contributed by atoms with Crippen LogP contribution in [-0.4, -0.2) is 17.8 Å². The van der Waals surface area contributed by atoms with Gasteiger partial charge in [-0.15, -0.1) is 0 Å². The lowest BCUT2D eigenvalue weighted by Gasteiger charge is -2.15. The molecule has 1 aliphatic heterocycles. The molecule has 1 aromatic carbocycles. The maximum Gasteiger partial charge on any atom is 0.0814 e. The van der Waals surface area contributed by atoms with E-state index in [1.54, 1.807) is 0 Å². The highest BCUT2D eigenvalue weighted by molar-refractivity contribution is 9.10. The van der Waals surface area contributed by atoms with Gasteiger partial charge in [0.1, 0.15) is 0 Å². The van der Waals surface area contributed by atoms with Crippen molar-refractivity contribution < 1.29 is 9.84 Å². The van der Waals surface area contributed by atoms with Crippen molar-refractivity contribution in [2.75, 3.05) is 6.61 Å². The van der Waals surface area contributed by atoms with Gasteiger partial charge < -0.3 is 9.84 Å². The Kier molecular flexibility index (Phi) is 3.78. The number of rotatable bonds is 3. The molecule has 82 valence electrons. The van der Waals surface area contributed by atoms with Gasteiger partial charge in [0, 0.05) is 17.5 Å². The topological polar surface area (TPSA) is 29.5 Å². The molecule has 1 aliphatic rings. The first-order chi connectivity index (χ1) is 7.25. The zero-order chi connectivity index (χ0) is 10.7. The molecular weight excluding hydrogens is 256 g/mol. The van der Waals surface area contributed by atoms with Crippen molar-refractivity contribution in [1.82, 2.24) is 0 Å². The minimum Gasteiger partial charge on any atom is -0.388 e. The van der Waals surface area contributed by atoms with E-state index in [2.05, 4.69) is 15.9 Å². The second-order valence-electron chi connectivity index (χ2n) is 3.94. The molecule has 0 amide bonds. The summed E-state index contributed by atoms with van der Waals surface area (Å²) >= 11 is 3.38. The monoisotopic (exact) mass is 270 g/mol. The van der Waals surface area contributed by atoms with E-state index in [1.807, 2.05) is 24.3 Å². The fourth-order valence-corrected chi connectivity index (χ4v) is 2.16. The molecule has 2 atom stereocenters. The minimum atomic E-state index is -0.402. The Labute approximate surface area is 98.4 Å². The summed E-state index contributed by atoms with van der Waals surface area (Å²) in [4.78, 5) is 0.